The van der Waals surface area contributed by atoms with E-state index in [0.717, 1.165) is 0 Å². The second-order valence-corrected chi connectivity index (χ2v) is 10.2. The molecule has 0 unspecified atom stereocenters. The highest BCUT2D eigenvalue weighted by Crippen LogP contribution is 2.36. The number of hydrogen-bond acceptors (Lipinski definition) is 9. The first-order valence-electron chi connectivity index (χ1n) is 12.9. The van der Waals surface area contributed by atoms with Gasteiger partial charge in [-0.15, -0.1) is 6.42 Å². The SMILES string of the molecule is C#CCOc1c(Cl)cc(/C=N\NC(=O)[C@H](Cc2ccc(O)cc2)NC(=O)[C@H](CO)NC(=O)OC(C)(C)C)cc1OCC. The molecule has 5 N–H and O–H groups in total. The molecule has 226 valence electrons. The molecule has 2 aromatic rings. The summed E-state index contributed by atoms with van der Waals surface area (Å²) in [6.45, 7) is 6.29. The van der Waals surface area contributed by atoms with Crippen molar-refractivity contribution < 1.29 is 38.8 Å². The number of nitrogens with zero attached hydrogens (tertiary/aromatic N) is 1. The van der Waals surface area contributed by atoms with E-state index in [9.17, 15) is 24.6 Å². The molecular formula is C29H35ClN4O8. The van der Waals surface area contributed by atoms with Gasteiger partial charge in [0.1, 0.15) is 30.0 Å². The number of aromatic hydroxyl groups is 1. The van der Waals surface area contributed by atoms with Gasteiger partial charge in [-0.05, 0) is 63.1 Å². The van der Waals surface area contributed by atoms with Crippen molar-refractivity contribution >= 4 is 35.7 Å². The summed E-state index contributed by atoms with van der Waals surface area (Å²) in [5.41, 5.74) is 2.61. The van der Waals surface area contributed by atoms with Crippen molar-refractivity contribution in [3.8, 4) is 29.6 Å². The van der Waals surface area contributed by atoms with Crippen molar-refractivity contribution in [3.05, 3.63) is 52.5 Å². The monoisotopic (exact) mass is 602 g/mol. The number of terminal acetylenes is 1. The summed E-state index contributed by atoms with van der Waals surface area (Å²) in [6.07, 6.45) is 5.66. The van der Waals surface area contributed by atoms with Crippen LogP contribution < -0.4 is 25.5 Å². The van der Waals surface area contributed by atoms with Gasteiger partial charge >= 0.3 is 6.09 Å². The van der Waals surface area contributed by atoms with E-state index in [1.807, 2.05) is 0 Å². The molecule has 0 heterocycles. The van der Waals surface area contributed by atoms with Crippen LogP contribution in [-0.4, -0.2) is 71.8 Å². The number of halogens is 1. The van der Waals surface area contributed by atoms with Crippen LogP contribution >= 0.6 is 11.6 Å². The van der Waals surface area contributed by atoms with Gasteiger partial charge in [0.05, 0.1) is 24.5 Å². The molecule has 0 saturated carbocycles. The predicted octanol–water partition coefficient (Wildman–Crippen LogP) is 2.52. The van der Waals surface area contributed by atoms with E-state index in [1.165, 1.54) is 24.4 Å². The molecule has 12 nitrogen and oxygen atoms in total. The summed E-state index contributed by atoms with van der Waals surface area (Å²) in [4.78, 5) is 38.2. The lowest BCUT2D eigenvalue weighted by Crippen LogP contribution is -2.55. The Balaban J connectivity index is 2.22. The molecule has 0 bridgehead atoms. The fourth-order valence-corrected chi connectivity index (χ4v) is 3.69. The Morgan fingerprint density at radius 1 is 1.10 bits per heavy atom. The molecule has 3 amide bonds. The van der Waals surface area contributed by atoms with Gasteiger partial charge in [0, 0.05) is 6.42 Å². The maximum atomic E-state index is 13.1. The number of hydrogen-bond donors (Lipinski definition) is 5. The number of rotatable bonds is 13. The molecule has 0 aliphatic rings. The minimum atomic E-state index is -1.40. The topological polar surface area (TPSA) is 168 Å². The zero-order valence-corrected chi connectivity index (χ0v) is 24.5. The van der Waals surface area contributed by atoms with E-state index >= 15 is 0 Å². The van der Waals surface area contributed by atoms with Gasteiger partial charge in [0.15, 0.2) is 11.5 Å². The molecule has 2 atom stereocenters. The maximum absolute atomic E-state index is 13.1. The predicted molar refractivity (Wildman–Crippen MR) is 157 cm³/mol. The summed E-state index contributed by atoms with van der Waals surface area (Å²) in [6, 6.07) is 6.58. The number of ether oxygens (including phenoxy) is 3. The van der Waals surface area contributed by atoms with Crippen LogP contribution in [0.25, 0.3) is 0 Å². The molecule has 2 rings (SSSR count). The fourth-order valence-electron chi connectivity index (χ4n) is 3.42. The first-order chi connectivity index (χ1) is 19.9. The molecule has 0 spiro atoms. The van der Waals surface area contributed by atoms with Gasteiger partial charge in [-0.25, -0.2) is 10.2 Å². The highest BCUT2D eigenvalue weighted by Gasteiger charge is 2.28. The average molecular weight is 603 g/mol. The molecule has 0 aliphatic carbocycles. The Kier molecular flexibility index (Phi) is 12.9. The van der Waals surface area contributed by atoms with Crippen molar-refractivity contribution in [1.29, 1.82) is 0 Å². The quantitative estimate of drug-likeness (QED) is 0.132. The first kappa shape index (κ1) is 33.7. The highest BCUT2D eigenvalue weighted by atomic mass is 35.5. The number of nitrogens with one attached hydrogen (secondary N) is 3. The standard InChI is InChI=1S/C29H35ClN4O8/c1-6-12-41-25-21(30)13-19(15-24(25)40-7-2)16-31-34-27(38)22(14-18-8-10-20(36)11-9-18)32-26(37)23(17-35)33-28(39)42-29(3,4)5/h1,8-11,13,15-16,22-23,35-36H,7,12,14,17H2,2-5H3,(H,32,37)(H,33,39)(H,34,38)/b31-16-/t22-,23-/m0/s1. The number of carbonyl (C=O) groups is 3. The van der Waals surface area contributed by atoms with Crippen LogP contribution in [0.15, 0.2) is 41.5 Å². The summed E-state index contributed by atoms with van der Waals surface area (Å²) in [5.74, 6) is 1.45. The van der Waals surface area contributed by atoms with Gasteiger partial charge in [0.25, 0.3) is 5.91 Å². The number of carbonyl (C=O) groups excluding carboxylic acids is 3. The van der Waals surface area contributed by atoms with Crippen molar-refractivity contribution in [1.82, 2.24) is 16.1 Å². The molecular weight excluding hydrogens is 568 g/mol. The van der Waals surface area contributed by atoms with E-state index in [0.29, 0.717) is 23.5 Å². The fraction of sp³-hybridized carbons (Fsp3) is 0.379. The smallest absolute Gasteiger partial charge is 0.408 e. The van der Waals surface area contributed by atoms with Crippen LogP contribution in [0.5, 0.6) is 17.2 Å². The maximum Gasteiger partial charge on any atom is 0.408 e. The average Bonchev–Trinajstić information content (AvgIpc) is 2.91. The van der Waals surface area contributed by atoms with Crippen molar-refractivity contribution in [2.75, 3.05) is 19.8 Å². The summed E-state index contributed by atoms with van der Waals surface area (Å²) < 4.78 is 16.2. The van der Waals surface area contributed by atoms with Gasteiger partial charge in [-0.2, -0.15) is 5.10 Å². The summed E-state index contributed by atoms with van der Waals surface area (Å²) in [5, 5.41) is 28.3. The van der Waals surface area contributed by atoms with Crippen LogP contribution in [0.1, 0.15) is 38.8 Å². The lowest BCUT2D eigenvalue weighted by Gasteiger charge is -2.24. The zero-order valence-electron chi connectivity index (χ0n) is 23.8. The molecule has 0 radical (unpaired) electrons. The number of benzene rings is 2. The Morgan fingerprint density at radius 3 is 2.38 bits per heavy atom. The van der Waals surface area contributed by atoms with E-state index < -0.39 is 42.2 Å². The number of amides is 3. The molecule has 0 aromatic heterocycles. The van der Waals surface area contributed by atoms with Crippen molar-refractivity contribution in [2.45, 2.75) is 51.8 Å². The lowest BCUT2D eigenvalue weighted by molar-refractivity contribution is -0.130. The number of phenols is 1. The Bertz CT molecular complexity index is 1300. The van der Waals surface area contributed by atoms with Gasteiger partial charge in [-0.1, -0.05) is 29.7 Å². The summed E-state index contributed by atoms with van der Waals surface area (Å²) in [7, 11) is 0. The van der Waals surface area contributed by atoms with Crippen LogP contribution in [0, 0.1) is 12.3 Å². The number of phenolic OH excluding ortho intramolecular Hbond substituents is 1. The van der Waals surface area contributed by atoms with E-state index in [4.69, 9.17) is 32.2 Å². The third kappa shape index (κ3) is 11.2. The number of aliphatic hydroxyl groups is 1. The van der Waals surface area contributed by atoms with Gasteiger partial charge in [-0.3, -0.25) is 9.59 Å². The molecule has 2 aromatic carbocycles. The van der Waals surface area contributed by atoms with Crippen LogP contribution in [0.4, 0.5) is 4.79 Å². The van der Waals surface area contributed by atoms with Crippen LogP contribution in [0.2, 0.25) is 5.02 Å². The minimum absolute atomic E-state index is 0.000506. The molecule has 13 heteroatoms. The van der Waals surface area contributed by atoms with Crippen LogP contribution in [-0.2, 0) is 20.7 Å². The highest BCUT2D eigenvalue weighted by molar-refractivity contribution is 6.32. The second kappa shape index (κ2) is 16.1. The lowest BCUT2D eigenvalue weighted by atomic mass is 10.0. The largest absolute Gasteiger partial charge is 0.508 e. The third-order valence-corrected chi connectivity index (χ3v) is 5.50. The number of hydrazone groups is 1. The molecule has 0 saturated heterocycles. The molecule has 0 fully saturated rings. The van der Waals surface area contributed by atoms with E-state index in [2.05, 4.69) is 27.1 Å². The Morgan fingerprint density at radius 2 is 1.79 bits per heavy atom. The normalized spacial score (nSPS) is 12.5. The number of aliphatic hydroxyl groups excluding tert-OH is 1. The number of alkyl carbamates (subject to hydrolysis) is 1. The molecule has 42 heavy (non-hydrogen) atoms. The van der Waals surface area contributed by atoms with Crippen molar-refractivity contribution in [3.63, 3.8) is 0 Å². The molecule has 0 aliphatic heterocycles. The Labute approximate surface area is 249 Å². The van der Waals surface area contributed by atoms with E-state index in [1.54, 1.807) is 45.9 Å². The second-order valence-electron chi connectivity index (χ2n) is 9.80. The summed E-state index contributed by atoms with van der Waals surface area (Å²) >= 11 is 6.32. The minimum Gasteiger partial charge on any atom is -0.508 e. The zero-order chi connectivity index (χ0) is 31.3. The van der Waals surface area contributed by atoms with Gasteiger partial charge < -0.3 is 35.1 Å². The van der Waals surface area contributed by atoms with Crippen molar-refractivity contribution in [2.24, 2.45) is 5.10 Å². The third-order valence-electron chi connectivity index (χ3n) is 5.22. The Hall–Kier alpha value is -4.47. The van der Waals surface area contributed by atoms with E-state index in [-0.39, 0.29) is 29.5 Å². The van der Waals surface area contributed by atoms with Gasteiger partial charge in [0.2, 0.25) is 5.91 Å². The first-order valence-corrected chi connectivity index (χ1v) is 13.3. The van der Waals surface area contributed by atoms with Crippen LogP contribution in [0.3, 0.4) is 0 Å².